The molecule has 0 amide bonds. The fourth-order valence-electron chi connectivity index (χ4n) is 2.65. The molecule has 1 aliphatic heterocycles. The van der Waals surface area contributed by atoms with E-state index in [9.17, 15) is 0 Å². The standard InChI is InChI=1S/C18H18Si/c1-19(2)13-17(15-9-5-3-6-10-15)18(14-19)16-11-7-4-8-12-16/h3-14H,1-2H3. The van der Waals surface area contributed by atoms with Gasteiger partial charge >= 0.3 is 0 Å². The second-order valence-corrected chi connectivity index (χ2v) is 9.89. The highest BCUT2D eigenvalue weighted by Gasteiger charge is 2.26. The number of benzene rings is 2. The minimum absolute atomic E-state index is 1.33. The Hall–Kier alpha value is -1.86. The minimum atomic E-state index is -1.36. The van der Waals surface area contributed by atoms with Crippen molar-refractivity contribution in [2.24, 2.45) is 0 Å². The van der Waals surface area contributed by atoms with Crippen molar-refractivity contribution in [2.45, 2.75) is 13.1 Å². The summed E-state index contributed by atoms with van der Waals surface area (Å²) < 4.78 is 0. The molecule has 0 aliphatic carbocycles. The van der Waals surface area contributed by atoms with E-state index in [0.717, 1.165) is 0 Å². The van der Waals surface area contributed by atoms with Gasteiger partial charge in [0.1, 0.15) is 0 Å². The molecule has 0 aromatic heterocycles. The third-order valence-corrected chi connectivity index (χ3v) is 5.56. The van der Waals surface area contributed by atoms with Crippen molar-refractivity contribution in [3.8, 4) is 0 Å². The van der Waals surface area contributed by atoms with Crippen LogP contribution in [0.4, 0.5) is 0 Å². The lowest BCUT2D eigenvalue weighted by molar-refractivity contribution is 1.60. The van der Waals surface area contributed by atoms with Gasteiger partial charge in [-0.1, -0.05) is 85.2 Å². The maximum Gasteiger partial charge on any atom is 0.0969 e. The fourth-order valence-corrected chi connectivity index (χ4v) is 4.87. The molecule has 1 aliphatic rings. The molecule has 2 aromatic rings. The third kappa shape index (κ3) is 2.47. The molecule has 0 saturated heterocycles. The van der Waals surface area contributed by atoms with Gasteiger partial charge in [0.2, 0.25) is 0 Å². The van der Waals surface area contributed by atoms with Gasteiger partial charge in [0, 0.05) is 0 Å². The van der Waals surface area contributed by atoms with E-state index in [4.69, 9.17) is 0 Å². The highest BCUT2D eigenvalue weighted by atomic mass is 28.3. The van der Waals surface area contributed by atoms with Crippen molar-refractivity contribution in [3.63, 3.8) is 0 Å². The lowest BCUT2D eigenvalue weighted by atomic mass is 9.95. The fraction of sp³-hybridized carbons (Fsp3) is 0.111. The average Bonchev–Trinajstić information content (AvgIpc) is 2.77. The van der Waals surface area contributed by atoms with Crippen LogP contribution in [0.2, 0.25) is 13.1 Å². The summed E-state index contributed by atoms with van der Waals surface area (Å²) in [5.74, 6) is 0. The molecule has 1 heterocycles. The summed E-state index contributed by atoms with van der Waals surface area (Å²) >= 11 is 0. The average molecular weight is 262 g/mol. The van der Waals surface area contributed by atoms with Crippen molar-refractivity contribution in [1.29, 1.82) is 0 Å². The minimum Gasteiger partial charge on any atom is -0.0824 e. The summed E-state index contributed by atoms with van der Waals surface area (Å²) in [5.41, 5.74) is 10.5. The molecule has 0 nitrogen and oxygen atoms in total. The molecule has 0 atom stereocenters. The Kier molecular flexibility index (Phi) is 3.00. The summed E-state index contributed by atoms with van der Waals surface area (Å²) in [5, 5.41) is 0. The van der Waals surface area contributed by atoms with Gasteiger partial charge in [0.05, 0.1) is 8.07 Å². The summed E-state index contributed by atoms with van der Waals surface area (Å²) in [4.78, 5) is 0. The Labute approximate surface area is 116 Å². The van der Waals surface area contributed by atoms with Crippen molar-refractivity contribution in [2.75, 3.05) is 0 Å². The molecule has 0 radical (unpaired) electrons. The number of hydrogen-bond donors (Lipinski definition) is 0. The molecule has 0 spiro atoms. The Morgan fingerprint density at radius 3 is 1.32 bits per heavy atom. The summed E-state index contributed by atoms with van der Waals surface area (Å²) in [6.45, 7) is 4.79. The number of hydrogen-bond acceptors (Lipinski definition) is 0. The molecular formula is C18H18Si. The molecule has 0 bridgehead atoms. The summed E-state index contributed by atoms with van der Waals surface area (Å²) in [6, 6.07) is 21.4. The van der Waals surface area contributed by atoms with Crippen LogP contribution in [0.1, 0.15) is 11.1 Å². The Bertz CT molecular complexity index is 576. The molecular weight excluding hydrogens is 244 g/mol. The lowest BCUT2D eigenvalue weighted by Gasteiger charge is -2.09. The summed E-state index contributed by atoms with van der Waals surface area (Å²) in [6.07, 6.45) is 0. The maximum absolute atomic E-state index is 2.50. The molecule has 0 unspecified atom stereocenters. The molecule has 1 heteroatoms. The van der Waals surface area contributed by atoms with Gasteiger partial charge in [-0.05, 0) is 22.3 Å². The van der Waals surface area contributed by atoms with E-state index in [-0.39, 0.29) is 0 Å². The van der Waals surface area contributed by atoms with Crippen molar-refractivity contribution in [3.05, 3.63) is 83.2 Å². The quantitative estimate of drug-likeness (QED) is 0.671. The van der Waals surface area contributed by atoms with E-state index in [1.165, 1.54) is 22.3 Å². The van der Waals surface area contributed by atoms with Gasteiger partial charge in [-0.3, -0.25) is 0 Å². The van der Waals surface area contributed by atoms with E-state index in [1.807, 2.05) is 0 Å². The number of rotatable bonds is 2. The van der Waals surface area contributed by atoms with E-state index in [2.05, 4.69) is 85.2 Å². The first-order valence-electron chi connectivity index (χ1n) is 6.73. The lowest BCUT2D eigenvalue weighted by Crippen LogP contribution is -2.16. The zero-order chi connectivity index (χ0) is 13.3. The summed E-state index contributed by atoms with van der Waals surface area (Å²) in [7, 11) is -1.36. The zero-order valence-electron chi connectivity index (χ0n) is 11.4. The van der Waals surface area contributed by atoms with Crippen LogP contribution >= 0.6 is 0 Å². The Morgan fingerprint density at radius 2 is 0.947 bits per heavy atom. The van der Waals surface area contributed by atoms with Crippen LogP contribution in [0.25, 0.3) is 11.1 Å². The van der Waals surface area contributed by atoms with Crippen LogP contribution in [0, 0.1) is 0 Å². The highest BCUT2D eigenvalue weighted by molar-refractivity contribution is 6.90. The van der Waals surface area contributed by atoms with Crippen LogP contribution in [0.5, 0.6) is 0 Å². The van der Waals surface area contributed by atoms with E-state index >= 15 is 0 Å². The molecule has 0 saturated carbocycles. The van der Waals surface area contributed by atoms with E-state index < -0.39 is 8.07 Å². The van der Waals surface area contributed by atoms with Gasteiger partial charge in [-0.25, -0.2) is 0 Å². The topological polar surface area (TPSA) is 0 Å². The van der Waals surface area contributed by atoms with Crippen LogP contribution in [0.15, 0.2) is 72.1 Å². The van der Waals surface area contributed by atoms with Crippen LogP contribution in [-0.2, 0) is 0 Å². The van der Waals surface area contributed by atoms with E-state index in [1.54, 1.807) is 0 Å². The molecule has 94 valence electrons. The van der Waals surface area contributed by atoms with Gasteiger partial charge < -0.3 is 0 Å². The first-order chi connectivity index (χ1) is 9.16. The van der Waals surface area contributed by atoms with Crippen molar-refractivity contribution >= 4 is 19.2 Å². The first kappa shape index (κ1) is 12.2. The SMILES string of the molecule is C[Si]1(C)C=C(c2ccccc2)C(c2ccccc2)=C1. The Balaban J connectivity index is 2.11. The maximum atomic E-state index is 2.50. The smallest absolute Gasteiger partial charge is 0.0824 e. The molecule has 3 rings (SSSR count). The monoisotopic (exact) mass is 262 g/mol. The van der Waals surface area contributed by atoms with Gasteiger partial charge in [0.25, 0.3) is 0 Å². The van der Waals surface area contributed by atoms with Gasteiger partial charge in [-0.15, -0.1) is 0 Å². The van der Waals surface area contributed by atoms with Crippen LogP contribution < -0.4 is 0 Å². The molecule has 2 aromatic carbocycles. The molecule has 0 N–H and O–H groups in total. The van der Waals surface area contributed by atoms with Gasteiger partial charge in [0.15, 0.2) is 0 Å². The highest BCUT2D eigenvalue weighted by Crippen LogP contribution is 2.38. The predicted octanol–water partition coefficient (Wildman–Crippen LogP) is 4.95. The zero-order valence-corrected chi connectivity index (χ0v) is 12.4. The normalized spacial score (nSPS) is 16.9. The van der Waals surface area contributed by atoms with Crippen LogP contribution in [0.3, 0.4) is 0 Å². The second-order valence-electron chi connectivity index (χ2n) is 5.67. The largest absolute Gasteiger partial charge is 0.0969 e. The number of allylic oxidation sites excluding steroid dienone is 2. The van der Waals surface area contributed by atoms with E-state index in [0.29, 0.717) is 0 Å². The van der Waals surface area contributed by atoms with Crippen molar-refractivity contribution in [1.82, 2.24) is 0 Å². The molecule has 0 fully saturated rings. The van der Waals surface area contributed by atoms with Crippen LogP contribution in [-0.4, -0.2) is 8.07 Å². The second kappa shape index (κ2) is 4.67. The predicted molar refractivity (Wildman–Crippen MR) is 86.3 cm³/mol. The first-order valence-corrected chi connectivity index (χ1v) is 9.88. The molecule has 19 heavy (non-hydrogen) atoms. The third-order valence-electron chi connectivity index (χ3n) is 3.49. The van der Waals surface area contributed by atoms with Gasteiger partial charge in [-0.2, -0.15) is 0 Å². The van der Waals surface area contributed by atoms with Crippen molar-refractivity contribution < 1.29 is 0 Å². The Morgan fingerprint density at radius 1 is 0.579 bits per heavy atom.